The SMILES string of the molecule is Nc1cc(C(=O)NCC(O)C(F)F)c(F)cc1F. The molecule has 0 aliphatic carbocycles. The molecule has 8 heteroatoms. The van der Waals surface area contributed by atoms with E-state index in [1.54, 1.807) is 0 Å². The number of carbonyl (C=O) groups is 1. The van der Waals surface area contributed by atoms with Crippen LogP contribution in [0.4, 0.5) is 23.2 Å². The summed E-state index contributed by atoms with van der Waals surface area (Å²) in [7, 11) is 0. The van der Waals surface area contributed by atoms with Gasteiger partial charge in [-0.25, -0.2) is 17.6 Å². The number of nitrogen functional groups attached to an aromatic ring is 1. The van der Waals surface area contributed by atoms with Crippen LogP contribution in [0.3, 0.4) is 0 Å². The Labute approximate surface area is 99.4 Å². The number of carbonyl (C=O) groups excluding carboxylic acids is 1. The third-order valence-electron chi connectivity index (χ3n) is 2.09. The molecule has 0 radical (unpaired) electrons. The van der Waals surface area contributed by atoms with Gasteiger partial charge in [-0.15, -0.1) is 0 Å². The molecule has 0 bridgehead atoms. The highest BCUT2D eigenvalue weighted by Crippen LogP contribution is 2.16. The highest BCUT2D eigenvalue weighted by molar-refractivity contribution is 5.95. The van der Waals surface area contributed by atoms with E-state index in [1.165, 1.54) is 0 Å². The third kappa shape index (κ3) is 3.33. The minimum absolute atomic E-state index is 0.411. The van der Waals surface area contributed by atoms with E-state index in [1.807, 2.05) is 5.32 Å². The van der Waals surface area contributed by atoms with E-state index >= 15 is 0 Å². The molecule has 1 aromatic carbocycles. The molecule has 1 unspecified atom stereocenters. The molecule has 1 rings (SSSR count). The zero-order valence-electron chi connectivity index (χ0n) is 8.96. The topological polar surface area (TPSA) is 75.4 Å². The third-order valence-corrected chi connectivity index (χ3v) is 2.09. The first-order valence-electron chi connectivity index (χ1n) is 4.82. The van der Waals surface area contributed by atoms with Crippen LogP contribution < -0.4 is 11.1 Å². The monoisotopic (exact) mass is 266 g/mol. The molecule has 0 spiro atoms. The van der Waals surface area contributed by atoms with E-state index in [4.69, 9.17) is 10.8 Å². The molecule has 0 aliphatic rings. The number of nitrogens with one attached hydrogen (secondary N) is 1. The standard InChI is InChI=1S/C10H10F4N2O2/c11-5-2-6(12)7(15)1-4(5)10(18)16-3-8(17)9(13)14/h1-2,8-9,17H,3,15H2,(H,16,18). The molecule has 0 heterocycles. The van der Waals surface area contributed by atoms with E-state index in [0.29, 0.717) is 6.07 Å². The number of rotatable bonds is 4. The Morgan fingerprint density at radius 3 is 2.50 bits per heavy atom. The predicted octanol–water partition coefficient (Wildman–Crippen LogP) is 0.903. The molecule has 0 fully saturated rings. The summed E-state index contributed by atoms with van der Waals surface area (Å²) in [5.41, 5.74) is 4.10. The van der Waals surface area contributed by atoms with Gasteiger partial charge in [0.25, 0.3) is 12.3 Å². The summed E-state index contributed by atoms with van der Waals surface area (Å²) in [6.45, 7) is -0.757. The van der Waals surface area contributed by atoms with Crippen molar-refractivity contribution in [2.24, 2.45) is 0 Å². The van der Waals surface area contributed by atoms with Gasteiger partial charge >= 0.3 is 0 Å². The summed E-state index contributed by atoms with van der Waals surface area (Å²) in [5.74, 6) is -3.28. The number of benzene rings is 1. The fourth-order valence-corrected chi connectivity index (χ4v) is 1.12. The quantitative estimate of drug-likeness (QED) is 0.560. The highest BCUT2D eigenvalue weighted by Gasteiger charge is 2.20. The molecule has 18 heavy (non-hydrogen) atoms. The summed E-state index contributed by atoms with van der Waals surface area (Å²) in [4.78, 5) is 11.4. The Morgan fingerprint density at radius 2 is 1.94 bits per heavy atom. The molecule has 4 N–H and O–H groups in total. The molecule has 1 aromatic rings. The lowest BCUT2D eigenvalue weighted by molar-refractivity contribution is -0.00272. The molecule has 100 valence electrons. The zero-order valence-corrected chi connectivity index (χ0v) is 8.96. The fourth-order valence-electron chi connectivity index (χ4n) is 1.12. The van der Waals surface area contributed by atoms with Gasteiger partial charge in [0.05, 0.1) is 11.3 Å². The molecular formula is C10H10F4N2O2. The van der Waals surface area contributed by atoms with E-state index < -0.39 is 47.9 Å². The summed E-state index contributed by atoms with van der Waals surface area (Å²) in [6, 6.07) is 1.16. The van der Waals surface area contributed by atoms with Crippen molar-refractivity contribution in [1.82, 2.24) is 5.32 Å². The number of halogens is 4. The minimum atomic E-state index is -3.03. The Kier molecular flexibility index (Phi) is 4.49. The molecule has 1 atom stereocenters. The fraction of sp³-hybridized carbons (Fsp3) is 0.300. The van der Waals surface area contributed by atoms with Gasteiger partial charge in [0.15, 0.2) is 0 Å². The van der Waals surface area contributed by atoms with Crippen molar-refractivity contribution in [3.63, 3.8) is 0 Å². The summed E-state index contributed by atoms with van der Waals surface area (Å²) < 4.78 is 49.9. The van der Waals surface area contributed by atoms with Crippen molar-refractivity contribution < 1.29 is 27.5 Å². The van der Waals surface area contributed by atoms with Crippen molar-refractivity contribution in [1.29, 1.82) is 0 Å². The normalized spacial score (nSPS) is 12.6. The van der Waals surface area contributed by atoms with Gasteiger partial charge in [0.1, 0.15) is 17.7 Å². The molecule has 0 aromatic heterocycles. The highest BCUT2D eigenvalue weighted by atomic mass is 19.3. The van der Waals surface area contributed by atoms with Gasteiger partial charge in [-0.1, -0.05) is 0 Å². The van der Waals surface area contributed by atoms with Gasteiger partial charge < -0.3 is 16.2 Å². The average molecular weight is 266 g/mol. The largest absolute Gasteiger partial charge is 0.396 e. The number of nitrogens with two attached hydrogens (primary N) is 1. The number of hydrogen-bond acceptors (Lipinski definition) is 3. The van der Waals surface area contributed by atoms with Crippen molar-refractivity contribution in [3.05, 3.63) is 29.3 Å². The van der Waals surface area contributed by atoms with Crippen molar-refractivity contribution in [3.8, 4) is 0 Å². The lowest BCUT2D eigenvalue weighted by atomic mass is 10.1. The van der Waals surface area contributed by atoms with Crippen LogP contribution in [0.25, 0.3) is 0 Å². The number of anilines is 1. The Hall–Kier alpha value is -1.83. The first kappa shape index (κ1) is 14.2. The molecule has 0 aliphatic heterocycles. The first-order valence-corrected chi connectivity index (χ1v) is 4.82. The van der Waals surface area contributed by atoms with Crippen LogP contribution in [0.1, 0.15) is 10.4 Å². The van der Waals surface area contributed by atoms with Crippen molar-refractivity contribution >= 4 is 11.6 Å². The Balaban J connectivity index is 2.76. The van der Waals surface area contributed by atoms with E-state index in [-0.39, 0.29) is 0 Å². The van der Waals surface area contributed by atoms with Gasteiger partial charge in [0.2, 0.25) is 0 Å². The summed E-state index contributed by atoms with van der Waals surface area (Å²) in [5, 5.41) is 10.6. The van der Waals surface area contributed by atoms with E-state index in [9.17, 15) is 22.4 Å². The van der Waals surface area contributed by atoms with Crippen molar-refractivity contribution in [2.45, 2.75) is 12.5 Å². The lowest BCUT2D eigenvalue weighted by Gasteiger charge is -2.11. The zero-order chi connectivity index (χ0) is 13.9. The maximum Gasteiger partial charge on any atom is 0.265 e. The number of aliphatic hydroxyl groups excluding tert-OH is 1. The van der Waals surface area contributed by atoms with Crippen molar-refractivity contribution in [2.75, 3.05) is 12.3 Å². The summed E-state index contributed by atoms with van der Waals surface area (Å²) in [6.07, 6.45) is -5.09. The Morgan fingerprint density at radius 1 is 1.33 bits per heavy atom. The first-order chi connectivity index (χ1) is 8.32. The maximum absolute atomic E-state index is 13.2. The number of aliphatic hydroxyl groups is 1. The van der Waals surface area contributed by atoms with Crippen LogP contribution in [0, 0.1) is 11.6 Å². The second-order valence-electron chi connectivity index (χ2n) is 3.47. The summed E-state index contributed by atoms with van der Waals surface area (Å²) >= 11 is 0. The van der Waals surface area contributed by atoms with Crippen LogP contribution in [-0.4, -0.2) is 30.1 Å². The van der Waals surface area contributed by atoms with E-state index in [0.717, 1.165) is 6.07 Å². The van der Waals surface area contributed by atoms with Crippen LogP contribution in [-0.2, 0) is 0 Å². The van der Waals surface area contributed by atoms with Crippen LogP contribution >= 0.6 is 0 Å². The van der Waals surface area contributed by atoms with Crippen LogP contribution in [0.2, 0.25) is 0 Å². The van der Waals surface area contributed by atoms with Crippen LogP contribution in [0.15, 0.2) is 12.1 Å². The van der Waals surface area contributed by atoms with Crippen LogP contribution in [0.5, 0.6) is 0 Å². The molecule has 0 saturated heterocycles. The number of hydrogen-bond donors (Lipinski definition) is 3. The second-order valence-corrected chi connectivity index (χ2v) is 3.47. The van der Waals surface area contributed by atoms with E-state index in [2.05, 4.69) is 0 Å². The van der Waals surface area contributed by atoms with Gasteiger partial charge in [-0.2, -0.15) is 0 Å². The smallest absolute Gasteiger partial charge is 0.265 e. The molecule has 1 amide bonds. The minimum Gasteiger partial charge on any atom is -0.396 e. The predicted molar refractivity (Wildman–Crippen MR) is 55.1 cm³/mol. The number of alkyl halides is 2. The lowest BCUT2D eigenvalue weighted by Crippen LogP contribution is -2.36. The number of amides is 1. The van der Waals surface area contributed by atoms with Gasteiger partial charge in [0, 0.05) is 12.6 Å². The van der Waals surface area contributed by atoms with Gasteiger partial charge in [-0.05, 0) is 6.07 Å². The maximum atomic E-state index is 13.2. The molecular weight excluding hydrogens is 256 g/mol. The van der Waals surface area contributed by atoms with Gasteiger partial charge in [-0.3, -0.25) is 4.79 Å². The average Bonchev–Trinajstić information content (AvgIpc) is 2.30. The molecule has 0 saturated carbocycles. The molecule has 4 nitrogen and oxygen atoms in total. The Bertz CT molecular complexity index is 454. The second kappa shape index (κ2) is 5.67.